The van der Waals surface area contributed by atoms with Gasteiger partial charge in [-0.2, -0.15) is 0 Å². The van der Waals surface area contributed by atoms with Crippen LogP contribution in [0.4, 0.5) is 5.69 Å². The average Bonchev–Trinajstić information content (AvgIpc) is 3.29. The van der Waals surface area contributed by atoms with Crippen molar-refractivity contribution < 1.29 is 4.79 Å². The minimum atomic E-state index is -1.00. The van der Waals surface area contributed by atoms with Crippen LogP contribution in [-0.2, 0) is 4.79 Å². The maximum absolute atomic E-state index is 11.5. The lowest BCUT2D eigenvalue weighted by Gasteiger charge is -2.37. The number of rotatable bonds is 12. The van der Waals surface area contributed by atoms with E-state index in [1.54, 1.807) is 0 Å². The molecule has 6 N–H and O–H groups in total. The van der Waals surface area contributed by atoms with Gasteiger partial charge in [0.15, 0.2) is 0 Å². The molecule has 198 valence electrons. The van der Waals surface area contributed by atoms with Crippen LogP contribution in [0.1, 0.15) is 63.9 Å². The Kier molecular flexibility index (Phi) is 10.3. The van der Waals surface area contributed by atoms with Gasteiger partial charge in [-0.25, -0.2) is 4.79 Å². The number of thiocarbonyl (C=S) groups is 1. The van der Waals surface area contributed by atoms with Gasteiger partial charge in [0.1, 0.15) is 11.6 Å². The Morgan fingerprint density at radius 2 is 2.05 bits per heavy atom. The second-order valence-corrected chi connectivity index (χ2v) is 10.5. The number of nitrogens with one attached hydrogen (secondary N) is 4. The number of para-hydroxylation sites is 1. The number of benzene rings is 1. The summed E-state index contributed by atoms with van der Waals surface area (Å²) >= 11 is 5.81. The van der Waals surface area contributed by atoms with Gasteiger partial charge in [-0.15, -0.1) is 0 Å². The minimum Gasteiger partial charge on any atom is -0.384 e. The lowest BCUT2D eigenvalue weighted by molar-refractivity contribution is 0.377. The summed E-state index contributed by atoms with van der Waals surface area (Å²) in [5, 5.41) is 13.7. The van der Waals surface area contributed by atoms with E-state index in [1.807, 2.05) is 38.1 Å². The molecule has 2 aliphatic rings. The molecule has 0 bridgehead atoms. The van der Waals surface area contributed by atoms with Crippen molar-refractivity contribution in [3.63, 3.8) is 0 Å². The highest BCUT2D eigenvalue weighted by Crippen LogP contribution is 2.37. The molecule has 0 radical (unpaired) electrons. The molecule has 6 nitrogen and oxygen atoms in total. The third kappa shape index (κ3) is 7.68. The van der Waals surface area contributed by atoms with Gasteiger partial charge in [-0.1, -0.05) is 62.1 Å². The topological polar surface area (TPSA) is 91.2 Å². The molecule has 1 aliphatic heterocycles. The van der Waals surface area contributed by atoms with E-state index < -0.39 is 5.66 Å². The molecule has 0 aromatic heterocycles. The largest absolute Gasteiger partial charge is 0.384 e. The predicted molar refractivity (Wildman–Crippen MR) is 159 cm³/mol. The fraction of sp³-hybridized carbons (Fsp3) is 0.433. The van der Waals surface area contributed by atoms with Crippen molar-refractivity contribution in [2.75, 3.05) is 18.4 Å². The van der Waals surface area contributed by atoms with Crippen LogP contribution >= 0.6 is 12.2 Å². The van der Waals surface area contributed by atoms with E-state index in [0.717, 1.165) is 54.9 Å². The molecule has 1 heterocycles. The van der Waals surface area contributed by atoms with E-state index in [4.69, 9.17) is 18.0 Å². The summed E-state index contributed by atoms with van der Waals surface area (Å²) in [7, 11) is 0. The van der Waals surface area contributed by atoms with Crippen LogP contribution in [0.2, 0.25) is 0 Å². The number of hydrogen-bond donors (Lipinski definition) is 5. The number of nitrogens with two attached hydrogens (primary N) is 1. The van der Waals surface area contributed by atoms with E-state index in [-0.39, 0.29) is 11.8 Å². The summed E-state index contributed by atoms with van der Waals surface area (Å²) in [5.41, 5.74) is 11.7. The van der Waals surface area contributed by atoms with Gasteiger partial charge in [-0.3, -0.25) is 0 Å². The van der Waals surface area contributed by atoms with Crippen LogP contribution in [0.5, 0.6) is 0 Å². The van der Waals surface area contributed by atoms with Gasteiger partial charge in [0.25, 0.3) is 0 Å². The Balaban J connectivity index is 1.77. The number of anilines is 1. The Labute approximate surface area is 227 Å². The van der Waals surface area contributed by atoms with Gasteiger partial charge in [0.05, 0.1) is 11.5 Å². The zero-order valence-corrected chi connectivity index (χ0v) is 23.0. The summed E-state index contributed by atoms with van der Waals surface area (Å²) in [6.45, 7) is 13.6. The summed E-state index contributed by atoms with van der Waals surface area (Å²) in [6, 6.07) is 8.33. The minimum absolute atomic E-state index is 0.124. The molecule has 1 aliphatic carbocycles. The van der Waals surface area contributed by atoms with Crippen molar-refractivity contribution in [3.05, 3.63) is 83.9 Å². The van der Waals surface area contributed by atoms with Gasteiger partial charge in [0.2, 0.25) is 0 Å². The SMILES string of the molecule is C=C(/C=C/C)NC/C(=C\C)NC(=C)[C@@](N)(CC1CNc2ccccc21)NC(=S)C[C@@H]1CCCCC1=C=O. The number of fused-ring (bicyclic) bond motifs is 1. The second kappa shape index (κ2) is 13.4. The van der Waals surface area contributed by atoms with Gasteiger partial charge < -0.3 is 27.0 Å². The van der Waals surface area contributed by atoms with E-state index >= 15 is 0 Å². The maximum atomic E-state index is 11.5. The third-order valence-corrected chi connectivity index (χ3v) is 7.52. The lowest BCUT2D eigenvalue weighted by atomic mass is 9.82. The van der Waals surface area contributed by atoms with E-state index in [1.165, 1.54) is 5.56 Å². The first-order valence-electron chi connectivity index (χ1n) is 13.1. The molecule has 37 heavy (non-hydrogen) atoms. The summed E-state index contributed by atoms with van der Waals surface area (Å²) < 4.78 is 0. The zero-order valence-electron chi connectivity index (χ0n) is 22.2. The molecule has 0 amide bonds. The zero-order chi connectivity index (χ0) is 26.8. The van der Waals surface area contributed by atoms with Crippen molar-refractivity contribution in [1.82, 2.24) is 16.0 Å². The van der Waals surface area contributed by atoms with Crippen LogP contribution in [0.15, 0.2) is 78.3 Å². The van der Waals surface area contributed by atoms with Crippen molar-refractivity contribution >= 4 is 28.8 Å². The first-order chi connectivity index (χ1) is 17.8. The fourth-order valence-electron chi connectivity index (χ4n) is 5.14. The van der Waals surface area contributed by atoms with E-state index in [2.05, 4.69) is 58.6 Å². The van der Waals surface area contributed by atoms with Crippen LogP contribution in [0.3, 0.4) is 0 Å². The Bertz CT molecular complexity index is 1120. The molecule has 1 aromatic rings. The van der Waals surface area contributed by atoms with Crippen LogP contribution < -0.4 is 27.0 Å². The van der Waals surface area contributed by atoms with Crippen molar-refractivity contribution in [2.24, 2.45) is 11.7 Å². The van der Waals surface area contributed by atoms with Crippen molar-refractivity contribution in [2.45, 2.75) is 64.0 Å². The molecule has 1 saturated carbocycles. The molecule has 0 saturated heterocycles. The normalized spacial score (nSPS) is 20.8. The number of carbonyl (C=O) groups excluding carboxylic acids is 1. The highest BCUT2D eigenvalue weighted by molar-refractivity contribution is 7.80. The standard InChI is InChI=1S/C30H41N5OS/c1-5-11-21(3)32-19-26(6-2)34-22(4)30(31,17-25-18-33-28-15-10-9-14-27(25)28)35-29(37)16-23-12-7-8-13-24(23)20-36/h5-6,9-11,14-15,23,25,32-34H,3-4,7-8,12-13,16-19,31H2,1-2H3,(H,35,37)/b11-5+,26-6+/t23-,25?,30+/m0/s1. The second-order valence-electron chi connectivity index (χ2n) is 9.96. The smallest absolute Gasteiger partial charge is 0.128 e. The molecule has 3 rings (SSSR count). The van der Waals surface area contributed by atoms with Crippen LogP contribution in [0, 0.1) is 5.92 Å². The Morgan fingerprint density at radius 3 is 2.78 bits per heavy atom. The van der Waals surface area contributed by atoms with Gasteiger partial charge in [0, 0.05) is 47.2 Å². The first-order valence-corrected chi connectivity index (χ1v) is 13.5. The molecular weight excluding hydrogens is 478 g/mol. The average molecular weight is 520 g/mol. The van der Waals surface area contributed by atoms with Crippen LogP contribution in [0.25, 0.3) is 0 Å². The van der Waals surface area contributed by atoms with Gasteiger partial charge in [-0.05, 0) is 63.2 Å². The molecule has 7 heteroatoms. The van der Waals surface area contributed by atoms with E-state index in [0.29, 0.717) is 30.1 Å². The molecule has 1 aromatic carbocycles. The summed E-state index contributed by atoms with van der Waals surface area (Å²) in [4.78, 5) is 12.1. The lowest BCUT2D eigenvalue weighted by Crippen LogP contribution is -2.60. The maximum Gasteiger partial charge on any atom is 0.128 e. The monoisotopic (exact) mass is 519 g/mol. The van der Waals surface area contributed by atoms with E-state index in [9.17, 15) is 4.79 Å². The quantitative estimate of drug-likeness (QED) is 0.112. The molecule has 1 fully saturated rings. The van der Waals surface area contributed by atoms with Crippen molar-refractivity contribution in [1.29, 1.82) is 0 Å². The summed E-state index contributed by atoms with van der Waals surface area (Å²) in [6.07, 6.45) is 10.9. The molecular formula is C30H41N5OS. The Morgan fingerprint density at radius 1 is 1.27 bits per heavy atom. The van der Waals surface area contributed by atoms with Crippen molar-refractivity contribution in [3.8, 4) is 0 Å². The highest BCUT2D eigenvalue weighted by atomic mass is 32.1. The highest BCUT2D eigenvalue weighted by Gasteiger charge is 2.36. The molecule has 1 unspecified atom stereocenters. The van der Waals surface area contributed by atoms with Crippen LogP contribution in [-0.4, -0.2) is 29.7 Å². The third-order valence-electron chi connectivity index (χ3n) is 7.25. The number of allylic oxidation sites excluding steroid dienone is 4. The predicted octanol–water partition coefficient (Wildman–Crippen LogP) is 5.18. The Hall–Kier alpha value is -3.12. The molecule has 3 atom stereocenters. The first kappa shape index (κ1) is 28.5. The fourth-order valence-corrected chi connectivity index (χ4v) is 5.52. The molecule has 0 spiro atoms. The summed E-state index contributed by atoms with van der Waals surface area (Å²) in [5.74, 6) is 2.48. The number of hydrogen-bond acceptors (Lipinski definition) is 6. The van der Waals surface area contributed by atoms with Gasteiger partial charge >= 0.3 is 0 Å².